The van der Waals surface area contributed by atoms with Gasteiger partial charge in [-0.05, 0) is 13.0 Å². The highest BCUT2D eigenvalue weighted by molar-refractivity contribution is 6.02. The van der Waals surface area contributed by atoms with Crippen LogP contribution in [0, 0.1) is 0 Å². The van der Waals surface area contributed by atoms with Gasteiger partial charge in [0.15, 0.2) is 11.9 Å². The molecule has 2 aromatic rings. The van der Waals surface area contributed by atoms with Crippen LogP contribution in [0.15, 0.2) is 36.4 Å². The highest BCUT2D eigenvalue weighted by Crippen LogP contribution is 2.43. The first-order valence-electron chi connectivity index (χ1n) is 10.6. The first kappa shape index (κ1) is 23.8. The molecule has 11 heteroatoms. The normalized spacial score (nSPS) is 28.5. The Hall–Kier alpha value is -3.38. The number of Topliss-reactive ketones (excluding diaryl/α,β-unsaturated/α-hetero) is 1. The predicted octanol–water partition coefficient (Wildman–Crippen LogP) is 0.554. The summed E-state index contributed by atoms with van der Waals surface area (Å²) in [6, 6.07) is 8.72. The summed E-state index contributed by atoms with van der Waals surface area (Å²) in [5.74, 6) is -2.04. The van der Waals surface area contributed by atoms with Crippen LogP contribution in [0.5, 0.6) is 23.0 Å². The number of benzene rings is 2. The molecule has 0 radical (unpaired) electrons. The summed E-state index contributed by atoms with van der Waals surface area (Å²) < 4.78 is 21.5. The molecule has 2 heterocycles. The molecule has 182 valence electrons. The van der Waals surface area contributed by atoms with Crippen LogP contribution in [0.3, 0.4) is 0 Å². The molecule has 11 nitrogen and oxygen atoms in total. The molecule has 0 saturated carbocycles. The Morgan fingerprint density at radius 3 is 2.50 bits per heavy atom. The number of ether oxygens (including phenoxy) is 4. The van der Waals surface area contributed by atoms with Gasteiger partial charge in [0.05, 0.1) is 13.0 Å². The number of phenols is 2. The van der Waals surface area contributed by atoms with E-state index < -0.39 is 54.3 Å². The van der Waals surface area contributed by atoms with Crippen LogP contribution in [0.25, 0.3) is 0 Å². The minimum atomic E-state index is -1.79. The van der Waals surface area contributed by atoms with Crippen LogP contribution < -0.4 is 9.47 Å². The van der Waals surface area contributed by atoms with Gasteiger partial charge in [-0.3, -0.25) is 4.79 Å². The molecule has 2 aliphatic heterocycles. The Morgan fingerprint density at radius 2 is 1.79 bits per heavy atom. The number of carbonyl (C=O) groups is 2. The average molecular weight is 476 g/mol. The molecule has 0 spiro atoms. The lowest BCUT2D eigenvalue weighted by Gasteiger charge is -2.39. The van der Waals surface area contributed by atoms with E-state index in [1.807, 2.05) is 0 Å². The van der Waals surface area contributed by atoms with E-state index in [1.165, 1.54) is 12.1 Å². The summed E-state index contributed by atoms with van der Waals surface area (Å²) in [5, 5.41) is 51.0. The van der Waals surface area contributed by atoms with Crippen molar-refractivity contribution in [3.05, 3.63) is 47.5 Å². The molecule has 34 heavy (non-hydrogen) atoms. The third kappa shape index (κ3) is 4.38. The van der Waals surface area contributed by atoms with Crippen molar-refractivity contribution in [1.82, 2.24) is 0 Å². The van der Waals surface area contributed by atoms with Gasteiger partial charge in [-0.15, -0.1) is 0 Å². The molecule has 5 N–H and O–H groups in total. The van der Waals surface area contributed by atoms with Crippen molar-refractivity contribution in [2.45, 2.75) is 50.2 Å². The van der Waals surface area contributed by atoms with Crippen LogP contribution in [0.2, 0.25) is 0 Å². The topological polar surface area (TPSA) is 172 Å². The van der Waals surface area contributed by atoms with Gasteiger partial charge in [-0.2, -0.15) is 0 Å². The van der Waals surface area contributed by atoms with Gasteiger partial charge < -0.3 is 44.5 Å². The van der Waals surface area contributed by atoms with Crippen LogP contribution in [-0.2, 0) is 14.3 Å². The van der Waals surface area contributed by atoms with Crippen molar-refractivity contribution in [1.29, 1.82) is 0 Å². The van der Waals surface area contributed by atoms with E-state index in [9.17, 15) is 35.1 Å². The maximum Gasteiger partial charge on any atom is 0.338 e. The zero-order valence-electron chi connectivity index (χ0n) is 18.0. The molecule has 4 rings (SSSR count). The van der Waals surface area contributed by atoms with Crippen LogP contribution in [0.4, 0.5) is 0 Å². The molecular formula is C23H24O11. The number of para-hydroxylation sites is 1. The zero-order valence-corrected chi connectivity index (χ0v) is 18.0. The van der Waals surface area contributed by atoms with E-state index in [-0.39, 0.29) is 35.8 Å². The van der Waals surface area contributed by atoms with Crippen LogP contribution in [-0.4, -0.2) is 74.6 Å². The Labute approximate surface area is 193 Å². The van der Waals surface area contributed by atoms with Crippen LogP contribution >= 0.6 is 0 Å². The quantitative estimate of drug-likeness (QED) is 0.382. The number of aromatic hydroxyl groups is 2. The Kier molecular flexibility index (Phi) is 6.62. The maximum atomic E-state index is 12.7. The van der Waals surface area contributed by atoms with Gasteiger partial charge in [-0.1, -0.05) is 18.2 Å². The molecule has 2 aliphatic rings. The molecule has 1 fully saturated rings. The van der Waals surface area contributed by atoms with Crippen molar-refractivity contribution < 1.29 is 54.1 Å². The molecule has 0 aliphatic carbocycles. The molecule has 2 aromatic carbocycles. The minimum Gasteiger partial charge on any atom is -0.508 e. The second kappa shape index (κ2) is 9.47. The Balaban J connectivity index is 1.60. The summed E-state index contributed by atoms with van der Waals surface area (Å²) in [7, 11) is 0. The summed E-state index contributed by atoms with van der Waals surface area (Å²) in [5.41, 5.74) is 0.303. The van der Waals surface area contributed by atoms with Gasteiger partial charge in [0.25, 0.3) is 0 Å². The molecule has 0 amide bonds. The smallest absolute Gasteiger partial charge is 0.338 e. The third-order valence-corrected chi connectivity index (χ3v) is 5.60. The number of hydrogen-bond acceptors (Lipinski definition) is 11. The van der Waals surface area contributed by atoms with Crippen molar-refractivity contribution in [3.63, 3.8) is 0 Å². The number of hydrogen-bond donors (Lipinski definition) is 5. The van der Waals surface area contributed by atoms with E-state index in [0.717, 1.165) is 6.07 Å². The van der Waals surface area contributed by atoms with Crippen molar-refractivity contribution >= 4 is 11.8 Å². The molecule has 0 aromatic heterocycles. The highest BCUT2D eigenvalue weighted by atomic mass is 16.7. The largest absolute Gasteiger partial charge is 0.508 e. The minimum absolute atomic E-state index is 0.00220. The second-order valence-corrected chi connectivity index (χ2v) is 7.87. The summed E-state index contributed by atoms with van der Waals surface area (Å²) in [6.45, 7) is 1.55. The van der Waals surface area contributed by atoms with E-state index in [1.54, 1.807) is 25.1 Å². The van der Waals surface area contributed by atoms with Gasteiger partial charge in [0.1, 0.15) is 53.0 Å². The van der Waals surface area contributed by atoms with Gasteiger partial charge in [0.2, 0.25) is 6.29 Å². The first-order chi connectivity index (χ1) is 16.2. The van der Waals surface area contributed by atoms with Gasteiger partial charge >= 0.3 is 5.97 Å². The number of esters is 1. The number of aliphatic hydroxyl groups excluding tert-OH is 3. The van der Waals surface area contributed by atoms with Gasteiger partial charge in [-0.25, -0.2) is 4.79 Å². The lowest BCUT2D eigenvalue weighted by Crippen LogP contribution is -2.61. The van der Waals surface area contributed by atoms with Crippen LogP contribution in [0.1, 0.15) is 35.4 Å². The fourth-order valence-electron chi connectivity index (χ4n) is 3.91. The number of carbonyl (C=O) groups excluding carboxylic acids is 2. The number of rotatable bonds is 5. The molecule has 6 unspecified atom stereocenters. The second-order valence-electron chi connectivity index (χ2n) is 7.87. The third-order valence-electron chi connectivity index (χ3n) is 5.60. The summed E-state index contributed by atoms with van der Waals surface area (Å²) in [6.07, 6.45) is -9.49. The molecule has 6 atom stereocenters. The molecular weight excluding hydrogens is 452 g/mol. The lowest BCUT2D eigenvalue weighted by molar-refractivity contribution is -0.272. The number of fused-ring (bicyclic) bond motifs is 1. The number of aliphatic hydroxyl groups is 3. The van der Waals surface area contributed by atoms with E-state index >= 15 is 0 Å². The summed E-state index contributed by atoms with van der Waals surface area (Å²) >= 11 is 0. The van der Waals surface area contributed by atoms with E-state index in [0.29, 0.717) is 5.56 Å². The lowest BCUT2D eigenvalue weighted by atomic mass is 9.95. The summed E-state index contributed by atoms with van der Waals surface area (Å²) in [4.78, 5) is 24.7. The monoisotopic (exact) mass is 476 g/mol. The standard InChI is InChI=1S/C23H24O11/c1-2-31-22(30)21-19(28)18(27)20(29)23(34-21)32-10-7-13(25)17-14(26)9-15(33-16(17)8-10)11-5-3-4-6-12(11)24/h3-8,15,18-21,23-25,27-29H,2,9H2,1H3. The predicted molar refractivity (Wildman–Crippen MR) is 112 cm³/mol. The van der Waals surface area contributed by atoms with E-state index in [2.05, 4.69) is 0 Å². The number of ketones is 1. The zero-order chi connectivity index (χ0) is 24.6. The fourth-order valence-corrected chi connectivity index (χ4v) is 3.91. The molecule has 1 saturated heterocycles. The van der Waals surface area contributed by atoms with E-state index in [4.69, 9.17) is 18.9 Å². The van der Waals surface area contributed by atoms with Crippen molar-refractivity contribution in [2.75, 3.05) is 6.61 Å². The average Bonchev–Trinajstić information content (AvgIpc) is 2.79. The Morgan fingerprint density at radius 1 is 1.06 bits per heavy atom. The number of phenolic OH excluding ortho intramolecular Hbond substituents is 2. The Bertz CT molecular complexity index is 1080. The highest BCUT2D eigenvalue weighted by Gasteiger charge is 2.48. The van der Waals surface area contributed by atoms with Crippen molar-refractivity contribution in [3.8, 4) is 23.0 Å². The molecule has 0 bridgehead atoms. The fraction of sp³-hybridized carbons (Fsp3) is 0.391. The SMILES string of the molecule is CCOC(=O)C1OC(Oc2cc(O)c3c(c2)OC(c2ccccc2O)CC3=O)C(O)C(O)C1O. The van der Waals surface area contributed by atoms with Crippen molar-refractivity contribution in [2.24, 2.45) is 0 Å². The van der Waals surface area contributed by atoms with Gasteiger partial charge in [0, 0.05) is 17.7 Å². The maximum absolute atomic E-state index is 12.7. The first-order valence-corrected chi connectivity index (χ1v) is 10.6.